The number of amides is 1. The van der Waals surface area contributed by atoms with Crippen molar-refractivity contribution in [2.24, 2.45) is 7.05 Å². The third-order valence-corrected chi connectivity index (χ3v) is 4.97. The smallest absolute Gasteiger partial charge is 0.263 e. The molecule has 0 radical (unpaired) electrons. The van der Waals surface area contributed by atoms with E-state index in [4.69, 9.17) is 0 Å². The van der Waals surface area contributed by atoms with Crippen molar-refractivity contribution in [3.8, 4) is 11.4 Å². The van der Waals surface area contributed by atoms with E-state index in [1.54, 1.807) is 22.6 Å². The molecule has 0 saturated heterocycles. The Morgan fingerprint density at radius 1 is 1.33 bits per heavy atom. The van der Waals surface area contributed by atoms with Gasteiger partial charge < -0.3 is 9.88 Å². The summed E-state index contributed by atoms with van der Waals surface area (Å²) < 4.78 is 3.89. The van der Waals surface area contributed by atoms with Crippen LogP contribution in [0.25, 0.3) is 11.4 Å². The second-order valence-electron chi connectivity index (χ2n) is 5.86. The molecule has 1 unspecified atom stereocenters. The molecule has 4 rings (SSSR count). The zero-order chi connectivity index (χ0) is 16.5. The molecule has 4 heterocycles. The summed E-state index contributed by atoms with van der Waals surface area (Å²) in [6, 6.07) is 0.128. The van der Waals surface area contributed by atoms with Gasteiger partial charge in [0.25, 0.3) is 5.91 Å². The van der Waals surface area contributed by atoms with Crippen molar-refractivity contribution < 1.29 is 4.79 Å². The highest BCUT2D eigenvalue weighted by molar-refractivity contribution is 7.11. The molecule has 1 N–H and O–H groups in total. The third kappa shape index (κ3) is 2.82. The molecular formula is C15H17N7OS. The minimum atomic E-state index is -0.0485. The van der Waals surface area contributed by atoms with Gasteiger partial charge in [-0.2, -0.15) is 5.10 Å². The van der Waals surface area contributed by atoms with E-state index in [2.05, 4.69) is 30.2 Å². The van der Waals surface area contributed by atoms with Gasteiger partial charge in [0.1, 0.15) is 10.7 Å². The molecule has 0 saturated carbocycles. The lowest BCUT2D eigenvalue weighted by atomic mass is 10.1. The Balaban J connectivity index is 1.48. The van der Waals surface area contributed by atoms with E-state index < -0.39 is 0 Å². The monoisotopic (exact) mass is 343 g/mol. The first kappa shape index (κ1) is 15.0. The lowest BCUT2D eigenvalue weighted by Crippen LogP contribution is -2.34. The Morgan fingerprint density at radius 2 is 2.25 bits per heavy atom. The van der Waals surface area contributed by atoms with Gasteiger partial charge in [-0.3, -0.25) is 14.5 Å². The van der Waals surface area contributed by atoms with Crippen LogP contribution in [0.4, 0.5) is 0 Å². The summed E-state index contributed by atoms with van der Waals surface area (Å²) in [6.07, 6.45) is 7.84. The molecular weight excluding hydrogens is 326 g/mol. The van der Waals surface area contributed by atoms with Gasteiger partial charge in [-0.1, -0.05) is 0 Å². The first-order valence-electron chi connectivity index (χ1n) is 7.81. The number of aromatic nitrogens is 6. The molecule has 9 heteroatoms. The number of hydrogen-bond donors (Lipinski definition) is 1. The van der Waals surface area contributed by atoms with Crippen LogP contribution >= 0.6 is 11.3 Å². The van der Waals surface area contributed by atoms with E-state index in [1.807, 2.05) is 13.2 Å². The Hall–Kier alpha value is -2.55. The molecule has 124 valence electrons. The van der Waals surface area contributed by atoms with Crippen LogP contribution < -0.4 is 5.32 Å². The number of carbonyl (C=O) groups is 1. The molecule has 8 nitrogen and oxygen atoms in total. The predicted molar refractivity (Wildman–Crippen MR) is 88.5 cm³/mol. The Kier molecular flexibility index (Phi) is 3.85. The van der Waals surface area contributed by atoms with Gasteiger partial charge in [-0.15, -0.1) is 21.5 Å². The van der Waals surface area contributed by atoms with Crippen LogP contribution in [0.2, 0.25) is 0 Å². The van der Waals surface area contributed by atoms with Crippen LogP contribution in [-0.4, -0.2) is 41.5 Å². The fourth-order valence-corrected chi connectivity index (χ4v) is 3.49. The highest BCUT2D eigenvalue weighted by Gasteiger charge is 2.23. The summed E-state index contributed by atoms with van der Waals surface area (Å²) >= 11 is 1.36. The molecule has 24 heavy (non-hydrogen) atoms. The van der Waals surface area contributed by atoms with Gasteiger partial charge in [-0.25, -0.2) is 0 Å². The molecule has 0 aromatic carbocycles. The largest absolute Gasteiger partial charge is 0.348 e. The summed E-state index contributed by atoms with van der Waals surface area (Å²) in [6.45, 7) is 0.778. The first-order valence-corrected chi connectivity index (χ1v) is 8.69. The van der Waals surface area contributed by atoms with E-state index in [0.29, 0.717) is 4.88 Å². The number of carbonyl (C=O) groups excluding carboxylic acids is 1. The average Bonchev–Trinajstić information content (AvgIpc) is 3.29. The highest BCUT2D eigenvalue weighted by atomic mass is 32.1. The summed E-state index contributed by atoms with van der Waals surface area (Å²) in [5, 5.41) is 15.9. The van der Waals surface area contributed by atoms with E-state index in [9.17, 15) is 4.79 Å². The summed E-state index contributed by atoms with van der Waals surface area (Å²) in [5.74, 6) is 1.75. The predicted octanol–water partition coefficient (Wildman–Crippen LogP) is 1.27. The number of aryl methyl sites for hydroxylation is 2. The Bertz CT molecular complexity index is 851. The van der Waals surface area contributed by atoms with E-state index >= 15 is 0 Å². The quantitative estimate of drug-likeness (QED) is 0.773. The zero-order valence-corrected chi connectivity index (χ0v) is 14.0. The Morgan fingerprint density at radius 3 is 3.00 bits per heavy atom. The fourth-order valence-electron chi connectivity index (χ4n) is 2.97. The molecule has 1 aliphatic heterocycles. The van der Waals surface area contributed by atoms with Crippen molar-refractivity contribution in [1.82, 2.24) is 34.8 Å². The molecule has 1 atom stereocenters. The van der Waals surface area contributed by atoms with Gasteiger partial charge in [0.05, 0.1) is 23.5 Å². The Labute approximate surface area is 142 Å². The summed E-state index contributed by atoms with van der Waals surface area (Å²) in [5.41, 5.74) is 2.63. The zero-order valence-electron chi connectivity index (χ0n) is 13.2. The third-order valence-electron chi connectivity index (χ3n) is 4.20. The van der Waals surface area contributed by atoms with Crippen molar-refractivity contribution in [1.29, 1.82) is 0 Å². The van der Waals surface area contributed by atoms with Crippen LogP contribution in [0, 0.1) is 0 Å². The van der Waals surface area contributed by atoms with E-state index in [1.165, 1.54) is 11.3 Å². The summed E-state index contributed by atoms with van der Waals surface area (Å²) in [4.78, 5) is 16.8. The van der Waals surface area contributed by atoms with Crippen LogP contribution in [0.5, 0.6) is 0 Å². The van der Waals surface area contributed by atoms with Crippen molar-refractivity contribution in [3.05, 3.63) is 34.8 Å². The van der Waals surface area contributed by atoms with Gasteiger partial charge >= 0.3 is 0 Å². The molecule has 1 aliphatic rings. The second kappa shape index (κ2) is 6.16. The second-order valence-corrected chi connectivity index (χ2v) is 6.74. The van der Waals surface area contributed by atoms with Crippen molar-refractivity contribution in [2.45, 2.75) is 31.8 Å². The number of rotatable bonds is 3. The molecule has 0 bridgehead atoms. The number of fused-ring (bicyclic) bond motifs is 1. The number of nitrogens with zero attached hydrogens (tertiary/aromatic N) is 6. The number of thiazole rings is 1. The molecule has 3 aromatic rings. The van der Waals surface area contributed by atoms with E-state index in [0.717, 1.165) is 43.0 Å². The maximum atomic E-state index is 12.2. The lowest BCUT2D eigenvalue weighted by molar-refractivity contribution is 0.0937. The summed E-state index contributed by atoms with van der Waals surface area (Å²) in [7, 11) is 1.88. The molecule has 0 fully saturated rings. The van der Waals surface area contributed by atoms with Crippen LogP contribution in [0.1, 0.15) is 28.3 Å². The molecule has 3 aromatic heterocycles. The van der Waals surface area contributed by atoms with Crippen molar-refractivity contribution >= 4 is 17.2 Å². The van der Waals surface area contributed by atoms with Crippen molar-refractivity contribution in [3.63, 3.8) is 0 Å². The highest BCUT2D eigenvalue weighted by Crippen LogP contribution is 2.22. The maximum absolute atomic E-state index is 12.2. The number of nitrogens with one attached hydrogen (secondary N) is 1. The van der Waals surface area contributed by atoms with Crippen LogP contribution in [0.3, 0.4) is 0 Å². The van der Waals surface area contributed by atoms with Gasteiger partial charge in [0.15, 0.2) is 5.82 Å². The van der Waals surface area contributed by atoms with Gasteiger partial charge in [0.2, 0.25) is 0 Å². The van der Waals surface area contributed by atoms with Crippen LogP contribution in [-0.2, 0) is 20.0 Å². The standard InChI is InChI=1S/C15H17N7OS/c1-21-8-10(6-17-21)14-20-19-13-3-2-11(4-5-22(13)14)18-15(23)12-7-16-9-24-12/h6-9,11H,2-5H2,1H3,(H,18,23). The minimum Gasteiger partial charge on any atom is -0.348 e. The van der Waals surface area contributed by atoms with E-state index in [-0.39, 0.29) is 11.9 Å². The topological polar surface area (TPSA) is 90.5 Å². The molecule has 0 spiro atoms. The minimum absolute atomic E-state index is 0.0485. The van der Waals surface area contributed by atoms with Gasteiger partial charge in [-0.05, 0) is 12.8 Å². The molecule has 0 aliphatic carbocycles. The fraction of sp³-hybridized carbons (Fsp3) is 0.400. The van der Waals surface area contributed by atoms with Crippen molar-refractivity contribution in [2.75, 3.05) is 0 Å². The molecule has 1 amide bonds. The number of hydrogen-bond acceptors (Lipinski definition) is 6. The van der Waals surface area contributed by atoms with Crippen LogP contribution in [0.15, 0.2) is 24.1 Å². The van der Waals surface area contributed by atoms with Gasteiger partial charge in [0, 0.05) is 32.3 Å². The normalized spacial score (nSPS) is 17.3. The lowest BCUT2D eigenvalue weighted by Gasteiger charge is -2.15. The first-order chi connectivity index (χ1) is 11.7. The average molecular weight is 343 g/mol. The maximum Gasteiger partial charge on any atom is 0.263 e. The SMILES string of the molecule is Cn1cc(-c2nnc3n2CCC(NC(=O)c2cncs2)CC3)cn1.